The summed E-state index contributed by atoms with van der Waals surface area (Å²) >= 11 is 0. The summed E-state index contributed by atoms with van der Waals surface area (Å²) in [5.74, 6) is 0.452. The van der Waals surface area contributed by atoms with Crippen LogP contribution in [0.2, 0.25) is 0 Å². The van der Waals surface area contributed by atoms with Gasteiger partial charge in [-0.05, 0) is 43.9 Å². The molecule has 0 spiro atoms. The Balaban J connectivity index is 2.15. The predicted molar refractivity (Wildman–Crippen MR) is 57.3 cm³/mol. The highest BCUT2D eigenvalue weighted by molar-refractivity contribution is 5.94. The molecule has 2 heteroatoms. The maximum atomic E-state index is 11.5. The number of rotatable bonds is 2. The number of hydrogen-bond donors (Lipinski definition) is 1. The van der Waals surface area contributed by atoms with Gasteiger partial charge in [-0.15, -0.1) is 0 Å². The van der Waals surface area contributed by atoms with Gasteiger partial charge in [0.2, 0.25) is 5.91 Å². The quantitative estimate of drug-likeness (QED) is 0.761. The number of anilines is 1. The minimum absolute atomic E-state index is 0.179. The van der Waals surface area contributed by atoms with E-state index in [0.717, 1.165) is 18.5 Å². The largest absolute Gasteiger partial charge is 0.326 e. The van der Waals surface area contributed by atoms with E-state index in [4.69, 9.17) is 0 Å². The summed E-state index contributed by atoms with van der Waals surface area (Å²) in [6, 6.07) is 6.00. The average molecular weight is 189 g/mol. The Morgan fingerprint density at radius 2 is 2.07 bits per heavy atom. The molecule has 1 aliphatic carbocycles. The van der Waals surface area contributed by atoms with E-state index in [-0.39, 0.29) is 11.8 Å². The maximum Gasteiger partial charge on any atom is 0.227 e. The summed E-state index contributed by atoms with van der Waals surface area (Å²) in [4.78, 5) is 11.5. The summed E-state index contributed by atoms with van der Waals surface area (Å²) in [7, 11) is 0. The summed E-state index contributed by atoms with van der Waals surface area (Å²) in [5, 5.41) is 2.97. The highest BCUT2D eigenvalue weighted by Gasteiger charge is 2.29. The minimum Gasteiger partial charge on any atom is -0.326 e. The van der Waals surface area contributed by atoms with Crippen LogP contribution in [-0.2, 0) is 4.79 Å². The molecule has 0 bridgehead atoms. The smallest absolute Gasteiger partial charge is 0.227 e. The molecule has 0 radical (unpaired) electrons. The van der Waals surface area contributed by atoms with Crippen LogP contribution in [0.15, 0.2) is 18.2 Å². The van der Waals surface area contributed by atoms with Crippen LogP contribution in [-0.4, -0.2) is 5.91 Å². The first-order valence-corrected chi connectivity index (χ1v) is 5.05. The third kappa shape index (κ3) is 1.79. The molecule has 0 saturated heterocycles. The van der Waals surface area contributed by atoms with E-state index in [2.05, 4.69) is 18.3 Å². The van der Waals surface area contributed by atoms with Gasteiger partial charge in [-0.2, -0.15) is 0 Å². The van der Waals surface area contributed by atoms with Crippen molar-refractivity contribution in [3.8, 4) is 0 Å². The van der Waals surface area contributed by atoms with Crippen LogP contribution in [0.25, 0.3) is 0 Å². The summed E-state index contributed by atoms with van der Waals surface area (Å²) in [5.41, 5.74) is 3.35. The first-order chi connectivity index (χ1) is 6.68. The Bertz CT molecular complexity index is 367. The van der Waals surface area contributed by atoms with Gasteiger partial charge in [-0.3, -0.25) is 4.79 Å². The molecule has 1 saturated carbocycles. The first kappa shape index (κ1) is 9.25. The lowest BCUT2D eigenvalue weighted by atomic mass is 10.1. The van der Waals surface area contributed by atoms with Crippen molar-refractivity contribution in [3.05, 3.63) is 29.3 Å². The molecule has 1 aromatic carbocycles. The second-order valence-corrected chi connectivity index (χ2v) is 4.01. The monoisotopic (exact) mass is 189 g/mol. The lowest BCUT2D eigenvalue weighted by molar-refractivity contribution is -0.117. The van der Waals surface area contributed by atoms with E-state index >= 15 is 0 Å². The SMILES string of the molecule is Cc1cccc(NC(=O)C2CC2)c1C. The Hall–Kier alpha value is -1.31. The van der Waals surface area contributed by atoms with Crippen molar-refractivity contribution >= 4 is 11.6 Å². The average Bonchev–Trinajstić information content (AvgIpc) is 2.95. The Morgan fingerprint density at radius 1 is 1.36 bits per heavy atom. The minimum atomic E-state index is 0.179. The van der Waals surface area contributed by atoms with Crippen LogP contribution in [0.1, 0.15) is 24.0 Å². The Kier molecular flexibility index (Phi) is 2.28. The van der Waals surface area contributed by atoms with Crippen LogP contribution < -0.4 is 5.32 Å². The third-order valence-electron chi connectivity index (χ3n) is 2.81. The standard InChI is InChI=1S/C12H15NO/c1-8-4-3-5-11(9(8)2)13-12(14)10-6-7-10/h3-5,10H,6-7H2,1-2H3,(H,13,14). The second kappa shape index (κ2) is 3.45. The molecule has 1 aliphatic rings. The van der Waals surface area contributed by atoms with Crippen molar-refractivity contribution in [2.24, 2.45) is 5.92 Å². The highest BCUT2D eigenvalue weighted by Crippen LogP contribution is 2.30. The van der Waals surface area contributed by atoms with Crippen LogP contribution in [0.5, 0.6) is 0 Å². The molecule has 2 rings (SSSR count). The summed E-state index contributed by atoms with van der Waals surface area (Å²) in [6.07, 6.45) is 2.10. The number of amides is 1. The van der Waals surface area contributed by atoms with Crippen LogP contribution in [0, 0.1) is 19.8 Å². The van der Waals surface area contributed by atoms with E-state index in [1.807, 2.05) is 19.1 Å². The fourth-order valence-corrected chi connectivity index (χ4v) is 1.47. The van der Waals surface area contributed by atoms with Crippen molar-refractivity contribution in [1.29, 1.82) is 0 Å². The molecule has 74 valence electrons. The van der Waals surface area contributed by atoms with Gasteiger partial charge in [0.05, 0.1) is 0 Å². The topological polar surface area (TPSA) is 29.1 Å². The van der Waals surface area contributed by atoms with Crippen molar-refractivity contribution in [2.45, 2.75) is 26.7 Å². The molecule has 1 N–H and O–H groups in total. The lowest BCUT2D eigenvalue weighted by Crippen LogP contribution is -2.14. The maximum absolute atomic E-state index is 11.5. The molecule has 0 aromatic heterocycles. The molecule has 2 nitrogen and oxygen atoms in total. The normalized spacial score (nSPS) is 15.3. The molecule has 0 aliphatic heterocycles. The Morgan fingerprint density at radius 3 is 2.71 bits per heavy atom. The molecule has 0 unspecified atom stereocenters. The van der Waals surface area contributed by atoms with E-state index < -0.39 is 0 Å². The molecule has 1 fully saturated rings. The fourth-order valence-electron chi connectivity index (χ4n) is 1.47. The zero-order valence-electron chi connectivity index (χ0n) is 8.63. The predicted octanol–water partition coefficient (Wildman–Crippen LogP) is 2.65. The van der Waals surface area contributed by atoms with E-state index in [0.29, 0.717) is 0 Å². The summed E-state index contributed by atoms with van der Waals surface area (Å²) in [6.45, 7) is 4.10. The van der Waals surface area contributed by atoms with Gasteiger partial charge in [-0.1, -0.05) is 12.1 Å². The molecular formula is C12H15NO. The molecule has 1 amide bonds. The lowest BCUT2D eigenvalue weighted by Gasteiger charge is -2.09. The van der Waals surface area contributed by atoms with Gasteiger partial charge in [0.15, 0.2) is 0 Å². The molecule has 1 aromatic rings. The van der Waals surface area contributed by atoms with Crippen LogP contribution >= 0.6 is 0 Å². The Labute approximate surface area is 84.3 Å². The van der Waals surface area contributed by atoms with Crippen LogP contribution in [0.3, 0.4) is 0 Å². The summed E-state index contributed by atoms with van der Waals surface area (Å²) < 4.78 is 0. The van der Waals surface area contributed by atoms with E-state index in [1.54, 1.807) is 0 Å². The first-order valence-electron chi connectivity index (χ1n) is 5.05. The zero-order chi connectivity index (χ0) is 10.1. The van der Waals surface area contributed by atoms with Gasteiger partial charge in [0.1, 0.15) is 0 Å². The molecule has 0 atom stereocenters. The third-order valence-corrected chi connectivity index (χ3v) is 2.81. The number of carbonyl (C=O) groups excluding carboxylic acids is 1. The van der Waals surface area contributed by atoms with Crippen molar-refractivity contribution in [2.75, 3.05) is 5.32 Å². The van der Waals surface area contributed by atoms with Crippen molar-refractivity contribution in [3.63, 3.8) is 0 Å². The number of hydrogen-bond acceptors (Lipinski definition) is 1. The number of benzene rings is 1. The highest BCUT2D eigenvalue weighted by atomic mass is 16.2. The second-order valence-electron chi connectivity index (χ2n) is 4.01. The fraction of sp³-hybridized carbons (Fsp3) is 0.417. The molecule has 0 heterocycles. The van der Waals surface area contributed by atoms with Gasteiger partial charge in [-0.25, -0.2) is 0 Å². The van der Waals surface area contributed by atoms with Crippen LogP contribution in [0.4, 0.5) is 5.69 Å². The van der Waals surface area contributed by atoms with Gasteiger partial charge >= 0.3 is 0 Å². The van der Waals surface area contributed by atoms with Gasteiger partial charge < -0.3 is 5.32 Å². The molecule has 14 heavy (non-hydrogen) atoms. The van der Waals surface area contributed by atoms with Crippen molar-refractivity contribution in [1.82, 2.24) is 0 Å². The number of aryl methyl sites for hydroxylation is 1. The van der Waals surface area contributed by atoms with Crippen molar-refractivity contribution < 1.29 is 4.79 Å². The van der Waals surface area contributed by atoms with E-state index in [1.165, 1.54) is 11.1 Å². The number of carbonyl (C=O) groups is 1. The van der Waals surface area contributed by atoms with E-state index in [9.17, 15) is 4.79 Å². The number of nitrogens with one attached hydrogen (secondary N) is 1. The van der Waals surface area contributed by atoms with Gasteiger partial charge in [0.25, 0.3) is 0 Å². The van der Waals surface area contributed by atoms with Gasteiger partial charge in [0, 0.05) is 11.6 Å². The molecular weight excluding hydrogens is 174 g/mol. The zero-order valence-corrected chi connectivity index (χ0v) is 8.63.